The van der Waals surface area contributed by atoms with E-state index in [-0.39, 0.29) is 11.7 Å². The first-order valence-corrected chi connectivity index (χ1v) is 8.43. The van der Waals surface area contributed by atoms with E-state index in [1.165, 1.54) is 12.1 Å². The first-order valence-electron chi connectivity index (χ1n) is 8.43. The molecule has 0 unspecified atom stereocenters. The Hall–Kier alpha value is -2.97. The smallest absolute Gasteiger partial charge is 0.312 e. The highest BCUT2D eigenvalue weighted by Crippen LogP contribution is 2.16. The lowest BCUT2D eigenvalue weighted by Gasteiger charge is -2.05. The van der Waals surface area contributed by atoms with E-state index < -0.39 is 6.03 Å². The number of hydrogen-bond donors (Lipinski definition) is 3. The zero-order valence-electron chi connectivity index (χ0n) is 14.3. The molecule has 1 aromatic heterocycles. The summed E-state index contributed by atoms with van der Waals surface area (Å²) in [6, 6.07) is 5.28. The highest BCUT2D eigenvalue weighted by atomic mass is 19.1. The summed E-state index contributed by atoms with van der Waals surface area (Å²) < 4.78 is 18.1. The van der Waals surface area contributed by atoms with Crippen LogP contribution in [0.15, 0.2) is 28.8 Å². The van der Waals surface area contributed by atoms with E-state index in [1.54, 1.807) is 12.1 Å². The molecule has 8 nitrogen and oxygen atoms in total. The van der Waals surface area contributed by atoms with Crippen LogP contribution in [0.25, 0.3) is 11.4 Å². The number of primary amides is 1. The van der Waals surface area contributed by atoms with Gasteiger partial charge < -0.3 is 20.9 Å². The van der Waals surface area contributed by atoms with Crippen molar-refractivity contribution in [1.29, 1.82) is 0 Å². The van der Waals surface area contributed by atoms with E-state index in [0.29, 0.717) is 49.6 Å². The topological polar surface area (TPSA) is 123 Å². The second-order valence-corrected chi connectivity index (χ2v) is 5.72. The summed E-state index contributed by atoms with van der Waals surface area (Å²) in [6.07, 6.45) is 2.94. The van der Waals surface area contributed by atoms with Crippen LogP contribution < -0.4 is 16.4 Å². The molecule has 9 heteroatoms. The first-order chi connectivity index (χ1) is 12.5. The highest BCUT2D eigenvalue weighted by molar-refractivity contribution is 5.75. The third kappa shape index (κ3) is 6.88. The summed E-state index contributed by atoms with van der Waals surface area (Å²) >= 11 is 0. The van der Waals surface area contributed by atoms with Crippen LogP contribution >= 0.6 is 0 Å². The second kappa shape index (κ2) is 10.1. The SMILES string of the molecule is NC(=O)NCCCCNC(=O)CCCc1nc(-c2ccc(F)cc2)no1. The Morgan fingerprint density at radius 1 is 1.08 bits per heavy atom. The van der Waals surface area contributed by atoms with Crippen molar-refractivity contribution in [3.05, 3.63) is 36.0 Å². The molecule has 1 heterocycles. The van der Waals surface area contributed by atoms with Gasteiger partial charge in [0.25, 0.3) is 0 Å². The number of aromatic nitrogens is 2. The standard InChI is InChI=1S/C17H22FN5O3/c18-13-8-6-12(7-9-13)16-22-15(26-23-16)5-3-4-14(24)20-10-1-2-11-21-17(19)25/h6-9H,1-5,10-11H2,(H,20,24)(H3,19,21,25). The number of urea groups is 1. The molecule has 4 N–H and O–H groups in total. The average molecular weight is 363 g/mol. The molecule has 26 heavy (non-hydrogen) atoms. The van der Waals surface area contributed by atoms with Gasteiger partial charge in [0.1, 0.15) is 5.82 Å². The Morgan fingerprint density at radius 2 is 1.77 bits per heavy atom. The minimum Gasteiger partial charge on any atom is -0.356 e. The van der Waals surface area contributed by atoms with Gasteiger partial charge in [0, 0.05) is 31.5 Å². The molecule has 0 aliphatic carbocycles. The molecule has 2 aromatic rings. The lowest BCUT2D eigenvalue weighted by atomic mass is 10.2. The molecule has 0 saturated heterocycles. The van der Waals surface area contributed by atoms with Crippen molar-refractivity contribution in [2.45, 2.75) is 32.1 Å². The summed E-state index contributed by atoms with van der Waals surface area (Å²) in [7, 11) is 0. The zero-order chi connectivity index (χ0) is 18.8. The highest BCUT2D eigenvalue weighted by Gasteiger charge is 2.09. The normalized spacial score (nSPS) is 10.5. The molecule has 0 aliphatic rings. The van der Waals surface area contributed by atoms with Crippen molar-refractivity contribution >= 4 is 11.9 Å². The van der Waals surface area contributed by atoms with Gasteiger partial charge in [0.15, 0.2) is 0 Å². The van der Waals surface area contributed by atoms with E-state index in [4.69, 9.17) is 10.3 Å². The van der Waals surface area contributed by atoms with Gasteiger partial charge in [-0.05, 0) is 43.5 Å². The van der Waals surface area contributed by atoms with Crippen LogP contribution in [0.2, 0.25) is 0 Å². The summed E-state index contributed by atoms with van der Waals surface area (Å²) in [4.78, 5) is 26.5. The van der Waals surface area contributed by atoms with Gasteiger partial charge >= 0.3 is 6.03 Å². The van der Waals surface area contributed by atoms with Crippen LogP contribution in [0.4, 0.5) is 9.18 Å². The molecule has 0 spiro atoms. The number of halogens is 1. The van der Waals surface area contributed by atoms with Crippen molar-refractivity contribution in [2.24, 2.45) is 5.73 Å². The van der Waals surface area contributed by atoms with Gasteiger partial charge in [-0.3, -0.25) is 4.79 Å². The number of benzene rings is 1. The van der Waals surface area contributed by atoms with Gasteiger partial charge in [-0.2, -0.15) is 4.98 Å². The van der Waals surface area contributed by atoms with E-state index in [2.05, 4.69) is 20.8 Å². The maximum Gasteiger partial charge on any atom is 0.312 e. The molecule has 1 aromatic carbocycles. The van der Waals surface area contributed by atoms with Crippen LogP contribution in [-0.4, -0.2) is 35.2 Å². The van der Waals surface area contributed by atoms with Gasteiger partial charge in [-0.15, -0.1) is 0 Å². The van der Waals surface area contributed by atoms with E-state index >= 15 is 0 Å². The third-order valence-electron chi connectivity index (χ3n) is 3.59. The Balaban J connectivity index is 1.61. The number of amides is 3. The number of hydrogen-bond acceptors (Lipinski definition) is 5. The van der Waals surface area contributed by atoms with E-state index in [9.17, 15) is 14.0 Å². The number of carbonyl (C=O) groups excluding carboxylic acids is 2. The Bertz CT molecular complexity index is 717. The fourth-order valence-electron chi connectivity index (χ4n) is 2.25. The Kier molecular flexibility index (Phi) is 7.53. The monoisotopic (exact) mass is 363 g/mol. The van der Waals surface area contributed by atoms with E-state index in [0.717, 1.165) is 12.8 Å². The van der Waals surface area contributed by atoms with E-state index in [1.807, 2.05) is 0 Å². The van der Waals surface area contributed by atoms with Gasteiger partial charge in [-0.25, -0.2) is 9.18 Å². The number of unbranched alkanes of at least 4 members (excludes halogenated alkanes) is 1. The molecule has 0 atom stereocenters. The van der Waals surface area contributed by atoms with Crippen molar-refractivity contribution in [3.8, 4) is 11.4 Å². The minimum absolute atomic E-state index is 0.0499. The number of aryl methyl sites for hydroxylation is 1. The van der Waals surface area contributed by atoms with Crippen molar-refractivity contribution in [3.63, 3.8) is 0 Å². The third-order valence-corrected chi connectivity index (χ3v) is 3.59. The quantitative estimate of drug-likeness (QED) is 0.555. The molecule has 0 aliphatic heterocycles. The molecule has 140 valence electrons. The maximum atomic E-state index is 12.9. The lowest BCUT2D eigenvalue weighted by Crippen LogP contribution is -2.31. The molecule has 0 radical (unpaired) electrons. The fourth-order valence-corrected chi connectivity index (χ4v) is 2.25. The molecular weight excluding hydrogens is 341 g/mol. The second-order valence-electron chi connectivity index (χ2n) is 5.72. The van der Waals surface area contributed by atoms with Crippen LogP contribution in [0, 0.1) is 5.82 Å². The van der Waals surface area contributed by atoms with Crippen LogP contribution in [-0.2, 0) is 11.2 Å². The average Bonchev–Trinajstić information content (AvgIpc) is 3.07. The van der Waals surface area contributed by atoms with Gasteiger partial charge in [-0.1, -0.05) is 5.16 Å². The predicted octanol–water partition coefficient (Wildman–Crippen LogP) is 1.76. The first kappa shape index (κ1) is 19.4. The minimum atomic E-state index is -0.544. The van der Waals surface area contributed by atoms with Crippen molar-refractivity contribution < 1.29 is 18.5 Å². The fraction of sp³-hybridized carbons (Fsp3) is 0.412. The number of nitrogens with zero attached hydrogens (tertiary/aromatic N) is 2. The number of rotatable bonds is 10. The van der Waals surface area contributed by atoms with Crippen molar-refractivity contribution in [1.82, 2.24) is 20.8 Å². The number of nitrogens with two attached hydrogens (primary N) is 1. The van der Waals surface area contributed by atoms with Crippen LogP contribution in [0.3, 0.4) is 0 Å². The number of carbonyl (C=O) groups is 2. The predicted molar refractivity (Wildman–Crippen MR) is 92.5 cm³/mol. The number of nitrogens with one attached hydrogen (secondary N) is 2. The molecular formula is C17H22FN5O3. The molecule has 0 bridgehead atoms. The largest absolute Gasteiger partial charge is 0.356 e. The lowest BCUT2D eigenvalue weighted by molar-refractivity contribution is -0.121. The summed E-state index contributed by atoms with van der Waals surface area (Å²) in [6.45, 7) is 1.05. The summed E-state index contributed by atoms with van der Waals surface area (Å²) in [5.74, 6) is 0.461. The van der Waals surface area contributed by atoms with Crippen molar-refractivity contribution in [2.75, 3.05) is 13.1 Å². The Morgan fingerprint density at radius 3 is 2.46 bits per heavy atom. The molecule has 0 saturated carbocycles. The van der Waals surface area contributed by atoms with Gasteiger partial charge in [0.2, 0.25) is 17.6 Å². The van der Waals surface area contributed by atoms with Crippen LogP contribution in [0.1, 0.15) is 31.6 Å². The maximum absolute atomic E-state index is 12.9. The molecule has 3 amide bonds. The van der Waals surface area contributed by atoms with Gasteiger partial charge in [0.05, 0.1) is 0 Å². The zero-order valence-corrected chi connectivity index (χ0v) is 14.3. The van der Waals surface area contributed by atoms with Crippen LogP contribution in [0.5, 0.6) is 0 Å². The summed E-state index contributed by atoms with van der Waals surface area (Å²) in [5, 5.41) is 9.15. The molecule has 0 fully saturated rings. The Labute approximate surface area is 150 Å². The molecule has 2 rings (SSSR count). The summed E-state index contributed by atoms with van der Waals surface area (Å²) in [5.41, 5.74) is 5.62.